The molecule has 0 heterocycles. The van der Waals surface area contributed by atoms with Gasteiger partial charge < -0.3 is 0 Å². The summed E-state index contributed by atoms with van der Waals surface area (Å²) < 4.78 is 0. The molecule has 0 saturated heterocycles. The van der Waals surface area contributed by atoms with Crippen LogP contribution in [0, 0.1) is 0 Å². The van der Waals surface area contributed by atoms with E-state index in [0.717, 1.165) is 18.1 Å². The van der Waals surface area contributed by atoms with E-state index >= 15 is 0 Å². The van der Waals surface area contributed by atoms with Gasteiger partial charge in [0.25, 0.3) is 0 Å². The molecule has 0 atom stereocenters. The Kier molecular flexibility index (Phi) is 7.46. The maximum Gasteiger partial charge on any atom is 0.248 e. The summed E-state index contributed by atoms with van der Waals surface area (Å²) in [7, 11) is -3.61. The molecule has 0 radical (unpaired) electrons. The van der Waals surface area contributed by atoms with Gasteiger partial charge in [-0.3, -0.25) is 0 Å². The molecule has 0 N–H and O–H groups in total. The van der Waals surface area contributed by atoms with Crippen LogP contribution in [-0.4, -0.2) is 22.2 Å². The highest BCUT2D eigenvalue weighted by atomic mass is 35.7. The molecule has 0 aliphatic carbocycles. The maximum atomic E-state index is 6.72. The Labute approximate surface area is 169 Å². The van der Waals surface area contributed by atoms with Crippen molar-refractivity contribution in [3.05, 3.63) is 60.7 Å². The van der Waals surface area contributed by atoms with Gasteiger partial charge in [0.05, 0.1) is 0 Å². The van der Waals surface area contributed by atoms with Crippen molar-refractivity contribution >= 4 is 65.8 Å². The summed E-state index contributed by atoms with van der Waals surface area (Å²) in [5.74, 6) is 0. The molecule has 0 nitrogen and oxygen atoms in total. The highest BCUT2D eigenvalue weighted by molar-refractivity contribution is 7.45. The van der Waals surface area contributed by atoms with Crippen molar-refractivity contribution in [2.45, 2.75) is 43.8 Å². The van der Waals surface area contributed by atoms with Gasteiger partial charge >= 0.3 is 0 Å². The Morgan fingerprint density at radius 2 is 1.00 bits per heavy atom. The molecule has 2 rings (SSSR count). The fourth-order valence-electron chi connectivity index (χ4n) is 3.33. The molecule has 136 valence electrons. The van der Waals surface area contributed by atoms with E-state index < -0.39 is 22.2 Å². The molecule has 25 heavy (non-hydrogen) atoms. The van der Waals surface area contributed by atoms with Gasteiger partial charge in [-0.15, -0.1) is 22.2 Å². The minimum absolute atomic E-state index is 0.927. The lowest BCUT2D eigenvalue weighted by atomic mass is 10.4. The summed E-state index contributed by atoms with van der Waals surface area (Å²) in [5.41, 5.74) is 0. The van der Waals surface area contributed by atoms with E-state index in [0.29, 0.717) is 0 Å². The lowest BCUT2D eigenvalue weighted by Crippen LogP contribution is -2.59. The first kappa shape index (κ1) is 21.3. The van der Waals surface area contributed by atoms with Crippen molar-refractivity contribution in [1.82, 2.24) is 0 Å². The quantitative estimate of drug-likeness (QED) is 0.333. The van der Waals surface area contributed by atoms with Crippen LogP contribution in [0.4, 0.5) is 0 Å². The van der Waals surface area contributed by atoms with Crippen LogP contribution in [0.1, 0.15) is 0 Å². The van der Waals surface area contributed by atoms with E-state index in [9.17, 15) is 0 Å². The zero-order chi connectivity index (χ0) is 18.6. The zero-order valence-electron chi connectivity index (χ0n) is 15.2. The molecule has 0 amide bonds. The zero-order valence-corrected chi connectivity index (χ0v) is 20.5. The molecule has 0 aliphatic heterocycles. The van der Waals surface area contributed by atoms with Crippen molar-refractivity contribution in [1.29, 1.82) is 0 Å². The van der Waals surface area contributed by atoms with Crippen molar-refractivity contribution < 1.29 is 0 Å². The first-order valence-electron chi connectivity index (χ1n) is 8.80. The highest BCUT2D eigenvalue weighted by Gasteiger charge is 2.40. The molecule has 2 aromatic rings. The maximum absolute atomic E-state index is 6.72. The Balaban J connectivity index is 2.52. The fourth-order valence-corrected chi connectivity index (χ4v) is 16.8. The molecular weight excluding hydrogens is 419 g/mol. The van der Waals surface area contributed by atoms with Gasteiger partial charge in [-0.2, -0.15) is 11.1 Å². The Bertz CT molecular complexity index is 590. The summed E-state index contributed by atoms with van der Waals surface area (Å²) in [6.07, 6.45) is 0. The minimum atomic E-state index is -2.15. The van der Waals surface area contributed by atoms with Crippen molar-refractivity contribution in [3.8, 4) is 0 Å². The number of halogens is 3. The lowest BCUT2D eigenvalue weighted by Gasteiger charge is -2.35. The van der Waals surface area contributed by atoms with Crippen LogP contribution in [0.25, 0.3) is 0 Å². The highest BCUT2D eigenvalue weighted by Crippen LogP contribution is 2.31. The first-order valence-corrected chi connectivity index (χ1v) is 20.2. The van der Waals surface area contributed by atoms with Crippen molar-refractivity contribution in [2.75, 3.05) is 0 Å². The molecule has 0 aromatic heterocycles. The number of benzene rings is 2. The van der Waals surface area contributed by atoms with Crippen LogP contribution in [0.2, 0.25) is 43.8 Å². The third-order valence-corrected chi connectivity index (χ3v) is 15.1. The number of hydrogen-bond donors (Lipinski definition) is 0. The van der Waals surface area contributed by atoms with Crippen LogP contribution in [0.5, 0.6) is 0 Å². The van der Waals surface area contributed by atoms with Crippen molar-refractivity contribution in [3.63, 3.8) is 0 Å². The number of rotatable bonds is 8. The van der Waals surface area contributed by atoms with Gasteiger partial charge in [0.2, 0.25) is 6.69 Å². The Morgan fingerprint density at radius 3 is 1.36 bits per heavy atom. The van der Waals surface area contributed by atoms with Gasteiger partial charge in [0, 0.05) is 0 Å². The molecule has 0 unspecified atom stereocenters. The van der Waals surface area contributed by atoms with Crippen LogP contribution >= 0.6 is 33.2 Å². The van der Waals surface area contributed by atoms with Crippen molar-refractivity contribution in [2.24, 2.45) is 0 Å². The molecule has 0 fully saturated rings. The largest absolute Gasteiger partial charge is 0.248 e. The summed E-state index contributed by atoms with van der Waals surface area (Å²) in [5, 5.41) is 2.95. The van der Waals surface area contributed by atoms with Gasteiger partial charge in [-0.25, -0.2) is 0 Å². The first-order chi connectivity index (χ1) is 11.6. The summed E-state index contributed by atoms with van der Waals surface area (Å²) in [6.45, 7) is 4.37. The van der Waals surface area contributed by atoms with Gasteiger partial charge in [-0.05, 0) is 24.7 Å². The molecule has 2 aromatic carbocycles. The second-order valence-corrected chi connectivity index (χ2v) is 27.2. The molecular formula is C19H27Cl3Si3. The monoisotopic (exact) mass is 444 g/mol. The predicted molar refractivity (Wildman–Crippen MR) is 124 cm³/mol. The second-order valence-electron chi connectivity index (χ2n) is 7.60. The Morgan fingerprint density at radius 1 is 0.600 bits per heavy atom. The molecule has 0 bridgehead atoms. The van der Waals surface area contributed by atoms with Gasteiger partial charge in [-0.1, -0.05) is 90.2 Å². The van der Waals surface area contributed by atoms with E-state index in [2.05, 4.69) is 73.8 Å². The SMILES string of the molecule is C[Si](C)(Cl)CC[Si](CC[Si](C)(Cl)Cl)(c1ccccc1)c1ccccc1. The fraction of sp³-hybridized carbons (Fsp3) is 0.368. The standard InChI is InChI=1S/C19H27Cl3Si3/c1-23(2,20)14-16-25(17-15-24(3,21)22,18-10-6-4-7-11-18)19-12-8-5-9-13-19/h4-13H,14-17H2,1-3H3. The summed E-state index contributed by atoms with van der Waals surface area (Å²) in [4.78, 5) is 0. The van der Waals surface area contributed by atoms with E-state index in [1.165, 1.54) is 16.4 Å². The van der Waals surface area contributed by atoms with Gasteiger partial charge in [0.15, 0.2) is 0 Å². The van der Waals surface area contributed by atoms with Crippen LogP contribution in [0.15, 0.2) is 60.7 Å². The molecule has 0 spiro atoms. The van der Waals surface area contributed by atoms with E-state index in [-0.39, 0.29) is 0 Å². The van der Waals surface area contributed by atoms with Crippen LogP contribution in [0.3, 0.4) is 0 Å². The van der Waals surface area contributed by atoms with E-state index in [1.54, 1.807) is 0 Å². The Hall–Kier alpha value is -0.0394. The molecule has 0 aliphatic rings. The normalized spacial score (nSPS) is 13.0. The topological polar surface area (TPSA) is 0 Å². The summed E-state index contributed by atoms with van der Waals surface area (Å²) >= 11 is 19.7. The second kappa shape index (κ2) is 8.77. The molecule has 0 saturated carbocycles. The van der Waals surface area contributed by atoms with Crippen LogP contribution in [-0.2, 0) is 0 Å². The van der Waals surface area contributed by atoms with Crippen LogP contribution < -0.4 is 10.4 Å². The number of hydrogen-bond acceptors (Lipinski definition) is 0. The lowest BCUT2D eigenvalue weighted by molar-refractivity contribution is 1.24. The van der Waals surface area contributed by atoms with E-state index in [4.69, 9.17) is 33.2 Å². The predicted octanol–water partition coefficient (Wildman–Crippen LogP) is 6.24. The third-order valence-electron chi connectivity index (χ3n) is 4.79. The third kappa shape index (κ3) is 6.56. The van der Waals surface area contributed by atoms with Gasteiger partial charge in [0.1, 0.15) is 15.5 Å². The average molecular weight is 446 g/mol. The average Bonchev–Trinajstić information content (AvgIpc) is 2.55. The smallest absolute Gasteiger partial charge is 0.168 e. The van der Waals surface area contributed by atoms with E-state index in [1.807, 2.05) is 6.55 Å². The summed E-state index contributed by atoms with van der Waals surface area (Å²) in [6, 6.07) is 26.3. The minimum Gasteiger partial charge on any atom is -0.168 e. The molecule has 6 heteroatoms.